The molecule has 0 bridgehead atoms. The smallest absolute Gasteiger partial charge is 0.327 e. The Hall–Kier alpha value is -2.04. The van der Waals surface area contributed by atoms with Crippen LogP contribution in [0.15, 0.2) is 23.3 Å². The monoisotopic (exact) mass is 276 g/mol. The summed E-state index contributed by atoms with van der Waals surface area (Å²) in [5, 5.41) is 6.59. The SMILES string of the molecule is COC(=O)C(NCCCN=[N+]=[N-])c1ccc(C)c(C)c1. The number of nitrogens with one attached hydrogen (secondary N) is 1. The highest BCUT2D eigenvalue weighted by Gasteiger charge is 2.20. The molecule has 0 saturated carbocycles. The van der Waals surface area contributed by atoms with E-state index in [1.54, 1.807) is 0 Å². The van der Waals surface area contributed by atoms with Gasteiger partial charge < -0.3 is 10.1 Å². The summed E-state index contributed by atoms with van der Waals surface area (Å²) in [7, 11) is 1.37. The lowest BCUT2D eigenvalue weighted by atomic mass is 10.0. The second-order valence-electron chi connectivity index (χ2n) is 4.56. The van der Waals surface area contributed by atoms with Crippen LogP contribution in [0.3, 0.4) is 0 Å². The Morgan fingerprint density at radius 2 is 2.20 bits per heavy atom. The van der Waals surface area contributed by atoms with Crippen molar-refractivity contribution in [1.82, 2.24) is 5.32 Å². The molecule has 20 heavy (non-hydrogen) atoms. The van der Waals surface area contributed by atoms with Crippen LogP contribution in [-0.4, -0.2) is 26.2 Å². The first-order chi connectivity index (χ1) is 9.60. The number of carbonyl (C=O) groups is 1. The van der Waals surface area contributed by atoms with Crippen molar-refractivity contribution >= 4 is 5.97 Å². The van der Waals surface area contributed by atoms with Gasteiger partial charge in [0.25, 0.3) is 0 Å². The van der Waals surface area contributed by atoms with Crippen molar-refractivity contribution in [2.45, 2.75) is 26.3 Å². The maximum absolute atomic E-state index is 11.9. The second-order valence-corrected chi connectivity index (χ2v) is 4.56. The van der Waals surface area contributed by atoms with E-state index < -0.39 is 6.04 Å². The van der Waals surface area contributed by atoms with Gasteiger partial charge in [-0.25, -0.2) is 4.79 Å². The van der Waals surface area contributed by atoms with Gasteiger partial charge in [0.05, 0.1) is 7.11 Å². The normalized spacial score (nSPS) is 11.6. The topological polar surface area (TPSA) is 87.1 Å². The van der Waals surface area contributed by atoms with Crippen LogP contribution < -0.4 is 5.32 Å². The first-order valence-corrected chi connectivity index (χ1v) is 6.49. The average Bonchev–Trinajstić information content (AvgIpc) is 2.45. The lowest BCUT2D eigenvalue weighted by Gasteiger charge is -2.17. The van der Waals surface area contributed by atoms with E-state index >= 15 is 0 Å². The van der Waals surface area contributed by atoms with Crippen molar-refractivity contribution in [2.24, 2.45) is 5.11 Å². The Balaban J connectivity index is 2.75. The van der Waals surface area contributed by atoms with Crippen molar-refractivity contribution in [3.05, 3.63) is 45.3 Å². The lowest BCUT2D eigenvalue weighted by molar-refractivity contribution is -0.143. The largest absolute Gasteiger partial charge is 0.468 e. The van der Waals surface area contributed by atoms with Crippen LogP contribution in [0.1, 0.15) is 29.2 Å². The summed E-state index contributed by atoms with van der Waals surface area (Å²) in [6.07, 6.45) is 0.669. The zero-order chi connectivity index (χ0) is 15.0. The molecule has 0 aliphatic rings. The third-order valence-corrected chi connectivity index (χ3v) is 3.15. The molecular weight excluding hydrogens is 256 g/mol. The number of carbonyl (C=O) groups excluding carboxylic acids is 1. The van der Waals surface area contributed by atoms with Crippen molar-refractivity contribution in [3.63, 3.8) is 0 Å². The summed E-state index contributed by atoms with van der Waals surface area (Å²) in [5.74, 6) is -0.322. The minimum Gasteiger partial charge on any atom is -0.468 e. The van der Waals surface area contributed by atoms with E-state index in [1.807, 2.05) is 32.0 Å². The average molecular weight is 276 g/mol. The van der Waals surface area contributed by atoms with Crippen LogP contribution in [-0.2, 0) is 9.53 Å². The van der Waals surface area contributed by atoms with Gasteiger partial charge in [-0.15, -0.1) is 0 Å². The molecule has 0 amide bonds. The first-order valence-electron chi connectivity index (χ1n) is 6.49. The summed E-state index contributed by atoms with van der Waals surface area (Å²) >= 11 is 0. The number of esters is 1. The van der Waals surface area contributed by atoms with Crippen molar-refractivity contribution < 1.29 is 9.53 Å². The molecule has 0 saturated heterocycles. The van der Waals surface area contributed by atoms with Crippen LogP contribution >= 0.6 is 0 Å². The minimum absolute atomic E-state index is 0.322. The molecule has 1 unspecified atom stereocenters. The van der Waals surface area contributed by atoms with E-state index in [1.165, 1.54) is 12.7 Å². The Bertz CT molecular complexity index is 510. The van der Waals surface area contributed by atoms with E-state index in [9.17, 15) is 4.79 Å². The number of azide groups is 1. The van der Waals surface area contributed by atoms with Crippen LogP contribution in [0.25, 0.3) is 10.4 Å². The molecule has 0 aliphatic carbocycles. The highest BCUT2D eigenvalue weighted by Crippen LogP contribution is 2.18. The van der Waals surface area contributed by atoms with Crippen LogP contribution in [0.5, 0.6) is 0 Å². The number of hydrogen-bond acceptors (Lipinski definition) is 4. The predicted octanol–water partition coefficient (Wildman–Crippen LogP) is 2.81. The van der Waals surface area contributed by atoms with Gasteiger partial charge in [-0.05, 0) is 49.0 Å². The van der Waals surface area contributed by atoms with E-state index in [0.717, 1.165) is 11.1 Å². The highest BCUT2D eigenvalue weighted by molar-refractivity contribution is 5.77. The van der Waals surface area contributed by atoms with Gasteiger partial charge in [-0.1, -0.05) is 23.3 Å². The van der Waals surface area contributed by atoms with Crippen LogP contribution in [0, 0.1) is 13.8 Å². The second kappa shape index (κ2) is 8.19. The van der Waals surface area contributed by atoms with Crippen molar-refractivity contribution in [3.8, 4) is 0 Å². The summed E-state index contributed by atoms with van der Waals surface area (Å²) in [4.78, 5) is 14.6. The number of nitrogens with zero attached hydrogens (tertiary/aromatic N) is 3. The molecule has 1 atom stereocenters. The third-order valence-electron chi connectivity index (χ3n) is 3.15. The molecule has 108 valence electrons. The molecular formula is C14H20N4O2. The van der Waals surface area contributed by atoms with Gasteiger partial charge in [-0.3, -0.25) is 0 Å². The van der Waals surface area contributed by atoms with Gasteiger partial charge >= 0.3 is 5.97 Å². The Kier molecular flexibility index (Phi) is 6.56. The molecule has 0 aliphatic heterocycles. The summed E-state index contributed by atoms with van der Waals surface area (Å²) < 4.78 is 4.83. The van der Waals surface area contributed by atoms with Crippen LogP contribution in [0.4, 0.5) is 0 Å². The Morgan fingerprint density at radius 3 is 2.80 bits per heavy atom. The molecule has 0 spiro atoms. The minimum atomic E-state index is -0.495. The summed E-state index contributed by atoms with van der Waals surface area (Å²) in [6.45, 7) is 5.02. The molecule has 0 fully saturated rings. The molecule has 6 heteroatoms. The maximum Gasteiger partial charge on any atom is 0.327 e. The fourth-order valence-electron chi connectivity index (χ4n) is 1.84. The molecule has 0 aromatic heterocycles. The number of methoxy groups -OCH3 is 1. The number of aryl methyl sites for hydroxylation is 2. The van der Waals surface area contributed by atoms with Gasteiger partial charge in [-0.2, -0.15) is 0 Å². The molecule has 1 aromatic carbocycles. The van der Waals surface area contributed by atoms with E-state index in [4.69, 9.17) is 10.3 Å². The van der Waals surface area contributed by atoms with Gasteiger partial charge in [0, 0.05) is 11.5 Å². The fraction of sp³-hybridized carbons (Fsp3) is 0.500. The third kappa shape index (κ3) is 4.57. The molecule has 0 radical (unpaired) electrons. The number of hydrogen-bond donors (Lipinski definition) is 1. The number of rotatable bonds is 7. The van der Waals surface area contributed by atoms with Gasteiger partial charge in [0.15, 0.2) is 0 Å². The molecule has 6 nitrogen and oxygen atoms in total. The van der Waals surface area contributed by atoms with Crippen molar-refractivity contribution in [2.75, 3.05) is 20.2 Å². The lowest BCUT2D eigenvalue weighted by Crippen LogP contribution is -2.30. The Morgan fingerprint density at radius 1 is 1.45 bits per heavy atom. The fourth-order valence-corrected chi connectivity index (χ4v) is 1.84. The zero-order valence-electron chi connectivity index (χ0n) is 12.1. The molecule has 1 rings (SSSR count). The highest BCUT2D eigenvalue weighted by atomic mass is 16.5. The maximum atomic E-state index is 11.9. The quantitative estimate of drug-likeness (QED) is 0.273. The van der Waals surface area contributed by atoms with Crippen molar-refractivity contribution in [1.29, 1.82) is 0 Å². The van der Waals surface area contributed by atoms with Gasteiger partial charge in [0.2, 0.25) is 0 Å². The van der Waals surface area contributed by atoms with E-state index in [0.29, 0.717) is 19.5 Å². The molecule has 0 heterocycles. The zero-order valence-corrected chi connectivity index (χ0v) is 12.1. The van der Waals surface area contributed by atoms with Crippen LogP contribution in [0.2, 0.25) is 0 Å². The molecule has 1 aromatic rings. The van der Waals surface area contributed by atoms with E-state index in [2.05, 4.69) is 15.3 Å². The molecule has 1 N–H and O–H groups in total. The summed E-state index contributed by atoms with van der Waals surface area (Å²) in [5.41, 5.74) is 11.4. The number of ether oxygens (including phenoxy) is 1. The predicted molar refractivity (Wildman–Crippen MR) is 77.3 cm³/mol. The van der Waals surface area contributed by atoms with E-state index in [-0.39, 0.29) is 5.97 Å². The Labute approximate surface area is 118 Å². The summed E-state index contributed by atoms with van der Waals surface area (Å²) in [6, 6.07) is 5.40. The standard InChI is InChI=1S/C14H20N4O2/c1-10-5-6-12(9-11(10)2)13(14(19)20-3)16-7-4-8-17-18-15/h5-6,9,13,16H,4,7-8H2,1-3H3. The number of benzene rings is 1. The first kappa shape index (κ1) is 16.0. The van der Waals surface area contributed by atoms with Gasteiger partial charge in [0.1, 0.15) is 6.04 Å².